The second-order valence-electron chi connectivity index (χ2n) is 3.13. The zero-order chi connectivity index (χ0) is 10.7. The maximum absolute atomic E-state index is 8.74. The first-order chi connectivity index (χ1) is 7.31. The molecule has 0 amide bonds. The molecular weight excluding hydrogens is 214 g/mol. The number of benzene rings is 1. The fraction of sp³-hybridized carbons (Fsp3) is 0.182. The molecule has 0 saturated carbocycles. The van der Waals surface area contributed by atoms with Gasteiger partial charge in [0.25, 0.3) is 0 Å². The molecule has 1 heterocycles. The Hall–Kier alpha value is -1.32. The Labute approximate surface area is 92.3 Å². The molecule has 0 fully saturated rings. The molecule has 2 rings (SSSR count). The molecule has 1 aromatic heterocycles. The summed E-state index contributed by atoms with van der Waals surface area (Å²) < 4.78 is 5.05. The lowest BCUT2D eigenvalue weighted by Gasteiger charge is -1.96. The van der Waals surface area contributed by atoms with E-state index >= 15 is 0 Å². The first-order valence-electron chi connectivity index (χ1n) is 4.62. The van der Waals surface area contributed by atoms with Gasteiger partial charge in [0.15, 0.2) is 0 Å². The van der Waals surface area contributed by atoms with E-state index in [1.165, 1.54) is 0 Å². The van der Waals surface area contributed by atoms with E-state index in [2.05, 4.69) is 5.16 Å². The predicted octanol–water partition coefficient (Wildman–Crippen LogP) is 2.53. The average molecular weight is 224 g/mol. The van der Waals surface area contributed by atoms with Gasteiger partial charge in [-0.1, -0.05) is 35.0 Å². The van der Waals surface area contributed by atoms with E-state index in [-0.39, 0.29) is 6.61 Å². The molecule has 0 saturated heterocycles. The van der Waals surface area contributed by atoms with Crippen molar-refractivity contribution in [1.29, 1.82) is 0 Å². The number of aliphatic hydroxyl groups is 1. The van der Waals surface area contributed by atoms with Crippen LogP contribution in [-0.2, 0) is 6.42 Å². The van der Waals surface area contributed by atoms with Crippen molar-refractivity contribution in [3.8, 4) is 11.3 Å². The van der Waals surface area contributed by atoms with E-state index in [1.807, 2.05) is 18.2 Å². The van der Waals surface area contributed by atoms with E-state index in [9.17, 15) is 0 Å². The van der Waals surface area contributed by atoms with Crippen molar-refractivity contribution in [2.75, 3.05) is 6.61 Å². The molecule has 0 aliphatic carbocycles. The number of aromatic nitrogens is 1. The molecule has 15 heavy (non-hydrogen) atoms. The molecule has 0 aliphatic heterocycles. The van der Waals surface area contributed by atoms with E-state index in [4.69, 9.17) is 21.2 Å². The van der Waals surface area contributed by atoms with E-state index in [0.717, 1.165) is 5.56 Å². The summed E-state index contributed by atoms with van der Waals surface area (Å²) in [6.07, 6.45) is 0.470. The van der Waals surface area contributed by atoms with Crippen LogP contribution in [0.1, 0.15) is 5.76 Å². The highest BCUT2D eigenvalue weighted by Crippen LogP contribution is 2.26. The second kappa shape index (κ2) is 4.47. The van der Waals surface area contributed by atoms with Crippen LogP contribution in [0.4, 0.5) is 0 Å². The Morgan fingerprint density at radius 1 is 1.33 bits per heavy atom. The topological polar surface area (TPSA) is 46.3 Å². The van der Waals surface area contributed by atoms with Crippen molar-refractivity contribution in [1.82, 2.24) is 5.16 Å². The molecule has 1 N–H and O–H groups in total. The van der Waals surface area contributed by atoms with E-state index in [1.54, 1.807) is 12.1 Å². The third-order valence-corrected chi connectivity index (χ3v) is 2.40. The van der Waals surface area contributed by atoms with Gasteiger partial charge in [-0.3, -0.25) is 0 Å². The third kappa shape index (κ3) is 2.19. The Morgan fingerprint density at radius 2 is 2.13 bits per heavy atom. The van der Waals surface area contributed by atoms with Gasteiger partial charge in [0.2, 0.25) is 0 Å². The summed E-state index contributed by atoms with van der Waals surface area (Å²) in [4.78, 5) is 0. The number of aliphatic hydroxyl groups excluding tert-OH is 1. The summed E-state index contributed by atoms with van der Waals surface area (Å²) in [5, 5.41) is 13.3. The van der Waals surface area contributed by atoms with Gasteiger partial charge in [-0.05, 0) is 6.07 Å². The smallest absolute Gasteiger partial charge is 0.139 e. The van der Waals surface area contributed by atoms with Crippen molar-refractivity contribution in [2.24, 2.45) is 0 Å². The quantitative estimate of drug-likeness (QED) is 0.870. The first kappa shape index (κ1) is 10.2. The summed E-state index contributed by atoms with van der Waals surface area (Å²) in [5.41, 5.74) is 1.54. The number of hydrogen-bond donors (Lipinski definition) is 1. The minimum absolute atomic E-state index is 0.0527. The van der Waals surface area contributed by atoms with Gasteiger partial charge >= 0.3 is 0 Å². The van der Waals surface area contributed by atoms with Crippen LogP contribution >= 0.6 is 11.6 Å². The van der Waals surface area contributed by atoms with E-state index < -0.39 is 0 Å². The molecule has 4 heteroatoms. The molecule has 0 atom stereocenters. The van der Waals surface area contributed by atoms with Crippen molar-refractivity contribution < 1.29 is 9.63 Å². The van der Waals surface area contributed by atoms with Crippen LogP contribution < -0.4 is 0 Å². The third-order valence-electron chi connectivity index (χ3n) is 2.07. The maximum atomic E-state index is 8.74. The fourth-order valence-electron chi connectivity index (χ4n) is 1.34. The van der Waals surface area contributed by atoms with Crippen molar-refractivity contribution in [3.05, 3.63) is 41.1 Å². The Morgan fingerprint density at radius 3 is 2.87 bits per heavy atom. The number of halogens is 1. The lowest BCUT2D eigenvalue weighted by atomic mass is 10.1. The fourth-order valence-corrected chi connectivity index (χ4v) is 1.57. The lowest BCUT2D eigenvalue weighted by Crippen LogP contribution is -1.86. The van der Waals surface area contributed by atoms with Crippen molar-refractivity contribution >= 4 is 11.6 Å². The number of rotatable bonds is 3. The number of hydrogen-bond acceptors (Lipinski definition) is 3. The van der Waals surface area contributed by atoms with Crippen LogP contribution in [0.2, 0.25) is 5.02 Å². The average Bonchev–Trinajstić information content (AvgIpc) is 2.68. The summed E-state index contributed by atoms with van der Waals surface area (Å²) >= 11 is 6.01. The van der Waals surface area contributed by atoms with Crippen LogP contribution in [0.25, 0.3) is 11.3 Å². The number of nitrogens with zero attached hydrogens (tertiary/aromatic N) is 1. The van der Waals surface area contributed by atoms with Gasteiger partial charge < -0.3 is 9.63 Å². The summed E-state index contributed by atoms with van der Waals surface area (Å²) in [6, 6.07) is 9.22. The molecule has 0 aliphatic rings. The van der Waals surface area contributed by atoms with Gasteiger partial charge in [0, 0.05) is 18.1 Å². The largest absolute Gasteiger partial charge is 0.396 e. The summed E-state index contributed by atoms with van der Waals surface area (Å²) in [7, 11) is 0. The Kier molecular flexibility index (Phi) is 3.04. The molecule has 0 bridgehead atoms. The van der Waals surface area contributed by atoms with E-state index in [0.29, 0.717) is 22.9 Å². The van der Waals surface area contributed by atoms with Crippen molar-refractivity contribution in [3.63, 3.8) is 0 Å². The summed E-state index contributed by atoms with van der Waals surface area (Å²) in [6.45, 7) is 0.0527. The molecule has 1 aromatic carbocycles. The Balaban J connectivity index is 2.33. The zero-order valence-corrected chi connectivity index (χ0v) is 8.74. The van der Waals surface area contributed by atoms with Crippen molar-refractivity contribution in [2.45, 2.75) is 6.42 Å². The van der Waals surface area contributed by atoms with Gasteiger partial charge in [-0.25, -0.2) is 0 Å². The van der Waals surface area contributed by atoms with Crippen LogP contribution in [-0.4, -0.2) is 16.9 Å². The SMILES string of the molecule is OCCc1cc(-c2ccccc2Cl)no1. The standard InChI is InChI=1S/C11H10ClNO2/c12-10-4-2-1-3-9(10)11-7-8(5-6-14)15-13-11/h1-4,7,14H,5-6H2. The second-order valence-corrected chi connectivity index (χ2v) is 3.54. The molecule has 3 nitrogen and oxygen atoms in total. The minimum Gasteiger partial charge on any atom is -0.396 e. The zero-order valence-electron chi connectivity index (χ0n) is 7.98. The highest BCUT2D eigenvalue weighted by molar-refractivity contribution is 6.33. The highest BCUT2D eigenvalue weighted by atomic mass is 35.5. The van der Waals surface area contributed by atoms with Crippen LogP contribution in [0, 0.1) is 0 Å². The van der Waals surface area contributed by atoms with Gasteiger partial charge in [-0.2, -0.15) is 0 Å². The molecule has 0 radical (unpaired) electrons. The molecule has 78 valence electrons. The normalized spacial score (nSPS) is 10.5. The van der Waals surface area contributed by atoms with Gasteiger partial charge in [0.1, 0.15) is 11.5 Å². The molecule has 0 spiro atoms. The van der Waals surface area contributed by atoms with Crippen LogP contribution in [0.15, 0.2) is 34.9 Å². The predicted molar refractivity (Wildman–Crippen MR) is 57.7 cm³/mol. The van der Waals surface area contributed by atoms with Crippen LogP contribution in [0.3, 0.4) is 0 Å². The van der Waals surface area contributed by atoms with Gasteiger partial charge in [-0.15, -0.1) is 0 Å². The molecule has 0 unspecified atom stereocenters. The minimum atomic E-state index is 0.0527. The lowest BCUT2D eigenvalue weighted by molar-refractivity contribution is 0.277. The Bertz CT molecular complexity index is 453. The maximum Gasteiger partial charge on any atom is 0.139 e. The summed E-state index contributed by atoms with van der Waals surface area (Å²) in [5.74, 6) is 0.660. The first-order valence-corrected chi connectivity index (χ1v) is 5.00. The molecular formula is C11H10ClNO2. The van der Waals surface area contributed by atoms with Gasteiger partial charge in [0.05, 0.1) is 11.6 Å². The monoisotopic (exact) mass is 223 g/mol. The highest BCUT2D eigenvalue weighted by Gasteiger charge is 2.08. The molecule has 2 aromatic rings. The van der Waals surface area contributed by atoms with Crippen LogP contribution in [0.5, 0.6) is 0 Å².